The highest BCUT2D eigenvalue weighted by Gasteiger charge is 2.37. The molecule has 1 N–H and O–H groups in total. The Kier molecular flexibility index (Phi) is 12.7. The number of rotatable bonds is 18. The number of ether oxygens (including phenoxy) is 3. The van der Waals surface area contributed by atoms with Crippen molar-refractivity contribution in [2.75, 3.05) is 27.1 Å². The maximum absolute atomic E-state index is 9.36. The number of unbranched alkanes of at least 4 members (excludes halogenated alkanes) is 6. The van der Waals surface area contributed by atoms with Gasteiger partial charge < -0.3 is 19.3 Å². The second-order valence-electron chi connectivity index (χ2n) is 9.27. The normalized spacial score (nSPS) is 12.5. The van der Waals surface area contributed by atoms with Crippen LogP contribution in [0.1, 0.15) is 68.1 Å². The van der Waals surface area contributed by atoms with Crippen LogP contribution < -0.4 is 0 Å². The molecule has 36 heavy (non-hydrogen) atoms. The Morgan fingerprint density at radius 2 is 1.08 bits per heavy atom. The summed E-state index contributed by atoms with van der Waals surface area (Å²) in [5, 5.41) is 9.36. The number of aliphatic hydroxyl groups excluding tert-OH is 1. The molecule has 0 radical (unpaired) electrons. The van der Waals surface area contributed by atoms with E-state index in [-0.39, 0.29) is 19.5 Å². The van der Waals surface area contributed by atoms with E-state index in [1.165, 1.54) is 25.7 Å². The predicted octanol–water partition coefficient (Wildman–Crippen LogP) is 7.10. The zero-order chi connectivity index (χ0) is 25.3. The van der Waals surface area contributed by atoms with Gasteiger partial charge in [-0.3, -0.25) is 0 Å². The topological polar surface area (TPSA) is 47.9 Å². The van der Waals surface area contributed by atoms with E-state index in [9.17, 15) is 5.11 Å². The smallest absolute Gasteiger partial charge is 0.146 e. The van der Waals surface area contributed by atoms with E-state index in [0.717, 1.165) is 42.4 Å². The average molecular weight is 491 g/mol. The highest BCUT2D eigenvalue weighted by molar-refractivity contribution is 5.47. The van der Waals surface area contributed by atoms with Crippen LogP contribution in [0.3, 0.4) is 0 Å². The molecule has 3 aromatic rings. The van der Waals surface area contributed by atoms with Crippen molar-refractivity contribution in [3.05, 3.63) is 108 Å². The molecule has 0 aliphatic rings. The van der Waals surface area contributed by atoms with Crippen LogP contribution in [0, 0.1) is 0 Å². The number of benzene rings is 3. The second-order valence-corrected chi connectivity index (χ2v) is 9.27. The lowest BCUT2D eigenvalue weighted by Gasteiger charge is -2.36. The van der Waals surface area contributed by atoms with Crippen molar-refractivity contribution in [1.82, 2.24) is 0 Å². The van der Waals surface area contributed by atoms with Crippen molar-refractivity contribution in [1.29, 1.82) is 0 Å². The van der Waals surface area contributed by atoms with Gasteiger partial charge in [-0.05, 0) is 29.5 Å². The summed E-state index contributed by atoms with van der Waals surface area (Å²) >= 11 is 0. The van der Waals surface area contributed by atoms with Crippen LogP contribution in [-0.2, 0) is 19.8 Å². The van der Waals surface area contributed by atoms with Crippen molar-refractivity contribution in [3.63, 3.8) is 0 Å². The van der Waals surface area contributed by atoms with Gasteiger partial charge in [0.25, 0.3) is 0 Å². The Balaban J connectivity index is 1.51. The largest absolute Gasteiger partial charge is 0.394 e. The van der Waals surface area contributed by atoms with Gasteiger partial charge in [0.05, 0.1) is 12.7 Å². The minimum atomic E-state index is -0.627. The molecule has 1 unspecified atom stereocenters. The molecule has 0 fully saturated rings. The van der Waals surface area contributed by atoms with Crippen molar-refractivity contribution in [3.8, 4) is 0 Å². The first kappa shape index (κ1) is 28.1. The monoisotopic (exact) mass is 490 g/mol. The number of hydrogen-bond donors (Lipinski definition) is 1. The number of aliphatic hydroxyl groups is 1. The molecular formula is C32H42O4. The maximum atomic E-state index is 9.36. The van der Waals surface area contributed by atoms with E-state index < -0.39 is 5.60 Å². The predicted molar refractivity (Wildman–Crippen MR) is 146 cm³/mol. The van der Waals surface area contributed by atoms with Gasteiger partial charge in [0.2, 0.25) is 0 Å². The Labute approximate surface area is 217 Å². The zero-order valence-corrected chi connectivity index (χ0v) is 21.7. The zero-order valence-electron chi connectivity index (χ0n) is 21.7. The van der Waals surface area contributed by atoms with Crippen LogP contribution >= 0.6 is 0 Å². The molecular weight excluding hydrogens is 448 g/mol. The average Bonchev–Trinajstić information content (AvgIpc) is 2.95. The molecule has 0 saturated carbocycles. The molecule has 1 atom stereocenters. The first-order valence-electron chi connectivity index (χ1n) is 13.3. The third-order valence-corrected chi connectivity index (χ3v) is 6.66. The van der Waals surface area contributed by atoms with Crippen LogP contribution in [0.2, 0.25) is 0 Å². The van der Waals surface area contributed by atoms with Crippen LogP contribution in [0.15, 0.2) is 91.0 Å². The van der Waals surface area contributed by atoms with Crippen molar-refractivity contribution in [2.45, 2.75) is 63.1 Å². The van der Waals surface area contributed by atoms with Gasteiger partial charge >= 0.3 is 0 Å². The van der Waals surface area contributed by atoms with Crippen molar-refractivity contribution < 1.29 is 19.3 Å². The van der Waals surface area contributed by atoms with Gasteiger partial charge in [-0.1, -0.05) is 130 Å². The van der Waals surface area contributed by atoms with Gasteiger partial charge in [-0.15, -0.1) is 0 Å². The standard InChI is InChI=1S/C32H42O4/c1-34-27-35-31(26-33)24-16-5-3-2-4-6-17-25-36-32(28-18-10-7-11-19-28,29-20-12-8-13-21-29)30-22-14-9-15-23-30/h7-15,18-23,31,33H,2-6,16-17,24-27H2,1H3. The Bertz CT molecular complexity index is 833. The van der Waals surface area contributed by atoms with Gasteiger partial charge in [-0.25, -0.2) is 0 Å². The SMILES string of the molecule is COCOC(CO)CCCCCCCCCOC(c1ccccc1)(c1ccccc1)c1ccccc1. The summed E-state index contributed by atoms with van der Waals surface area (Å²) in [7, 11) is 1.60. The third kappa shape index (κ3) is 8.28. The summed E-state index contributed by atoms with van der Waals surface area (Å²) in [5.41, 5.74) is 2.83. The number of hydrogen-bond acceptors (Lipinski definition) is 4. The van der Waals surface area contributed by atoms with Gasteiger partial charge in [0.15, 0.2) is 0 Å². The fourth-order valence-corrected chi connectivity index (χ4v) is 4.74. The minimum absolute atomic E-state index is 0.0554. The summed E-state index contributed by atoms with van der Waals surface area (Å²) in [6.45, 7) is 1.00. The first-order valence-corrected chi connectivity index (χ1v) is 13.3. The molecule has 0 bridgehead atoms. The Morgan fingerprint density at radius 1 is 0.639 bits per heavy atom. The molecule has 0 spiro atoms. The van der Waals surface area contributed by atoms with Crippen LogP contribution in [-0.4, -0.2) is 38.3 Å². The van der Waals surface area contributed by atoms with E-state index in [2.05, 4.69) is 91.0 Å². The van der Waals surface area contributed by atoms with Gasteiger partial charge in [0.1, 0.15) is 12.4 Å². The molecule has 0 aromatic heterocycles. The fraction of sp³-hybridized carbons (Fsp3) is 0.438. The molecule has 3 aromatic carbocycles. The van der Waals surface area contributed by atoms with Crippen LogP contribution in [0.25, 0.3) is 0 Å². The Hall–Kier alpha value is -2.50. The summed E-state index contributed by atoms with van der Waals surface area (Å²) in [4.78, 5) is 0. The lowest BCUT2D eigenvalue weighted by molar-refractivity contribution is -0.0898. The van der Waals surface area contributed by atoms with Gasteiger partial charge in [-0.2, -0.15) is 0 Å². The molecule has 0 saturated heterocycles. The second kappa shape index (κ2) is 16.3. The van der Waals surface area contributed by atoms with E-state index in [1.54, 1.807) is 7.11 Å². The van der Waals surface area contributed by atoms with Gasteiger partial charge in [0, 0.05) is 13.7 Å². The lowest BCUT2D eigenvalue weighted by Crippen LogP contribution is -2.33. The van der Waals surface area contributed by atoms with Crippen LogP contribution in [0.4, 0.5) is 0 Å². The summed E-state index contributed by atoms with van der Waals surface area (Å²) in [6.07, 6.45) is 8.86. The van der Waals surface area contributed by atoms with E-state index in [0.29, 0.717) is 6.61 Å². The Morgan fingerprint density at radius 3 is 1.53 bits per heavy atom. The van der Waals surface area contributed by atoms with E-state index in [1.807, 2.05) is 0 Å². The molecule has 4 nitrogen and oxygen atoms in total. The van der Waals surface area contributed by atoms with E-state index >= 15 is 0 Å². The molecule has 0 aliphatic heterocycles. The summed E-state index contributed by atoms with van der Waals surface area (Å²) in [5.74, 6) is 0. The molecule has 4 heteroatoms. The number of methoxy groups -OCH3 is 1. The highest BCUT2D eigenvalue weighted by Crippen LogP contribution is 2.40. The van der Waals surface area contributed by atoms with E-state index in [4.69, 9.17) is 14.2 Å². The lowest BCUT2D eigenvalue weighted by atomic mass is 9.80. The molecule has 3 rings (SSSR count). The summed E-state index contributed by atoms with van der Waals surface area (Å²) < 4.78 is 17.2. The third-order valence-electron chi connectivity index (χ3n) is 6.66. The summed E-state index contributed by atoms with van der Waals surface area (Å²) in [6, 6.07) is 31.7. The minimum Gasteiger partial charge on any atom is -0.394 e. The van der Waals surface area contributed by atoms with Crippen molar-refractivity contribution >= 4 is 0 Å². The molecule has 0 heterocycles. The molecule has 194 valence electrons. The fourth-order valence-electron chi connectivity index (χ4n) is 4.74. The molecule has 0 amide bonds. The van der Waals surface area contributed by atoms with Crippen LogP contribution in [0.5, 0.6) is 0 Å². The maximum Gasteiger partial charge on any atom is 0.146 e. The quantitative estimate of drug-likeness (QED) is 0.117. The highest BCUT2D eigenvalue weighted by atomic mass is 16.7. The molecule has 0 aliphatic carbocycles. The van der Waals surface area contributed by atoms with Crippen molar-refractivity contribution in [2.24, 2.45) is 0 Å². The first-order chi connectivity index (χ1) is 17.8.